The first kappa shape index (κ1) is 55.7. The van der Waals surface area contributed by atoms with Gasteiger partial charge in [0.25, 0.3) is 0 Å². The second kappa shape index (κ2) is 113. The van der Waals surface area contributed by atoms with E-state index >= 15 is 0 Å². The van der Waals surface area contributed by atoms with Gasteiger partial charge in [0.05, 0.1) is 0 Å². The van der Waals surface area contributed by atoms with Crippen LogP contribution in [0.3, 0.4) is 0 Å². The third-order valence-corrected chi connectivity index (χ3v) is 0. The van der Waals surface area contributed by atoms with Crippen LogP contribution in [0.2, 0.25) is 0 Å². The van der Waals surface area contributed by atoms with E-state index in [-0.39, 0.29) is 97.8 Å². The first-order valence-corrected chi connectivity index (χ1v) is 4.50. The zero-order chi connectivity index (χ0) is 6.00. The summed E-state index contributed by atoms with van der Waals surface area (Å²) < 4.78 is 0. The van der Waals surface area contributed by atoms with Crippen LogP contribution in [0.15, 0.2) is 0 Å². The summed E-state index contributed by atoms with van der Waals surface area (Å²) in [6.45, 7) is 0. The standard InChI is InChI=1S/4Mo.3S2.H2S/c;;;;3*1-2;/h;;;;;;;1H2/q;;;;3*-2;/p-1. The van der Waals surface area contributed by atoms with Gasteiger partial charge in [0.1, 0.15) is 0 Å². The van der Waals surface area contributed by atoms with E-state index in [2.05, 4.69) is 70.0 Å². The Labute approximate surface area is 164 Å². The fourth-order valence-electron chi connectivity index (χ4n) is 0. The van der Waals surface area contributed by atoms with E-state index in [1.807, 2.05) is 0 Å². The quantitative estimate of drug-likeness (QED) is 0.158. The molecule has 0 aromatic rings. The van der Waals surface area contributed by atoms with E-state index in [1.165, 1.54) is 0 Å². The first-order valence-electron chi connectivity index (χ1n) is 0.500. The molecule has 0 nitrogen and oxygen atoms in total. The molecule has 0 aliphatic carbocycles. The molecule has 0 aromatic heterocycles. The van der Waals surface area contributed by atoms with Gasteiger partial charge in [0.2, 0.25) is 0 Å². The van der Waals surface area contributed by atoms with Crippen molar-refractivity contribution in [2.45, 2.75) is 0 Å². The molecule has 74 valence electrons. The topological polar surface area (TPSA) is 0 Å². The van der Waals surface area contributed by atoms with Crippen LogP contribution >= 0.6 is 0 Å². The van der Waals surface area contributed by atoms with Gasteiger partial charge in [-0.15, -0.1) is 0 Å². The van der Waals surface area contributed by atoms with Crippen molar-refractivity contribution < 1.29 is 84.3 Å². The number of hydrogen-bond acceptors (Lipinski definition) is 7. The van der Waals surface area contributed by atoms with Gasteiger partial charge in [-0.05, 0) is 0 Å². The predicted octanol–water partition coefficient (Wildman–Crippen LogP) is -0.294. The van der Waals surface area contributed by atoms with Gasteiger partial charge in [0.15, 0.2) is 0 Å². The van der Waals surface area contributed by atoms with Gasteiger partial charge in [-0.3, -0.25) is 0 Å². The molecule has 0 saturated heterocycles. The van der Waals surface area contributed by atoms with Gasteiger partial charge >= 0.3 is 0 Å². The number of rotatable bonds is 0. The van der Waals surface area contributed by atoms with Crippen molar-refractivity contribution >= 4 is 83.5 Å². The average Bonchev–Trinajstić information content (AvgIpc) is 1.81. The van der Waals surface area contributed by atoms with Crippen LogP contribution in [-0.2, 0) is 168 Å². The fourth-order valence-corrected chi connectivity index (χ4v) is 0. The molecule has 0 unspecified atom stereocenters. The summed E-state index contributed by atoms with van der Waals surface area (Å²) in [5.41, 5.74) is 0. The molecule has 0 aliphatic rings. The van der Waals surface area contributed by atoms with Gasteiger partial charge in [0, 0.05) is 84.3 Å². The smallest absolute Gasteiger partial charge is 0 e. The van der Waals surface area contributed by atoms with E-state index in [4.69, 9.17) is 0 Å². The molecule has 0 aromatic carbocycles. The summed E-state index contributed by atoms with van der Waals surface area (Å²) in [7, 11) is 0. The van der Waals surface area contributed by atoms with Gasteiger partial charge in [-0.2, -0.15) is 0 Å². The molecule has 0 radical (unpaired) electrons. The second-order valence-corrected chi connectivity index (χ2v) is 0. The molecule has 0 saturated carbocycles. The Bertz CT molecular complexity index is 10.4. The van der Waals surface area contributed by atoms with Crippen LogP contribution in [0, 0.1) is 0 Å². The minimum absolute atomic E-state index is 0. The van der Waals surface area contributed by atoms with Crippen molar-refractivity contribution in [3.63, 3.8) is 0 Å². The summed E-state index contributed by atoms with van der Waals surface area (Å²) in [5, 5.41) is 0. The van der Waals surface area contributed by atoms with Gasteiger partial charge in [-0.25, -0.2) is 0 Å². The molecule has 0 amide bonds. The Morgan fingerprint density at radius 1 is 0.364 bits per heavy atom. The molecule has 11 heteroatoms. The predicted molar refractivity (Wildman–Crippen MR) is 53.0 cm³/mol. The Kier molecular flexibility index (Phi) is 573. The summed E-state index contributed by atoms with van der Waals surface area (Å²) in [6.07, 6.45) is 0. The van der Waals surface area contributed by atoms with Gasteiger partial charge < -0.3 is 83.5 Å². The summed E-state index contributed by atoms with van der Waals surface area (Å²) in [5.74, 6) is 0. The number of hydrogen-bond donors (Lipinski definition) is 0. The molecule has 11 heavy (non-hydrogen) atoms. The molecule has 0 bridgehead atoms. The van der Waals surface area contributed by atoms with Crippen LogP contribution in [0.25, 0.3) is 0 Å². The second-order valence-electron chi connectivity index (χ2n) is 0. The van der Waals surface area contributed by atoms with E-state index in [0.717, 1.165) is 0 Å². The van der Waals surface area contributed by atoms with E-state index in [1.54, 1.807) is 0 Å². The van der Waals surface area contributed by atoms with Crippen molar-refractivity contribution in [1.82, 2.24) is 0 Å². The minimum Gasteiger partial charge on any atom is -1.00 e. The number of thiol groups is 1. The molecular formula is HMo4S7-7. The SMILES string of the molecule is [Mo].[Mo].[Mo].[Mo].[S-][S-].[S-][S-].[S-][S-].[SH-]. The van der Waals surface area contributed by atoms with Crippen LogP contribution in [0.4, 0.5) is 0 Å². The maximum Gasteiger partial charge on any atom is 0 e. The zero-order valence-corrected chi connectivity index (χ0v) is 18.4. The van der Waals surface area contributed by atoms with Crippen molar-refractivity contribution in [2.24, 2.45) is 0 Å². The molecule has 0 spiro atoms. The molecule has 0 rings (SSSR count). The van der Waals surface area contributed by atoms with E-state index in [0.29, 0.717) is 0 Å². The molecule has 0 aliphatic heterocycles. The van der Waals surface area contributed by atoms with Crippen molar-refractivity contribution in [1.29, 1.82) is 0 Å². The summed E-state index contributed by atoms with van der Waals surface area (Å²) in [6, 6.07) is 0. The van der Waals surface area contributed by atoms with E-state index < -0.39 is 0 Å². The third-order valence-electron chi connectivity index (χ3n) is 0. The van der Waals surface area contributed by atoms with E-state index in [9.17, 15) is 0 Å². The van der Waals surface area contributed by atoms with Crippen LogP contribution < -0.4 is 0 Å². The molecule has 0 N–H and O–H groups in total. The summed E-state index contributed by atoms with van der Waals surface area (Å²) in [4.78, 5) is 0. The van der Waals surface area contributed by atoms with Crippen molar-refractivity contribution in [2.75, 3.05) is 0 Å². The fraction of sp³-hybridized carbons (Fsp3) is 0. The zero-order valence-electron chi connectivity index (χ0n) is 4.53. The monoisotopic (exact) mass is 616 g/mol. The normalized spacial score (nSPS) is 1.64. The Hall–Kier alpha value is 5.20. The maximum absolute atomic E-state index is 3.67. The average molecular weight is 609 g/mol. The van der Waals surface area contributed by atoms with Crippen LogP contribution in [-0.4, -0.2) is 0 Å². The minimum atomic E-state index is 0. The Morgan fingerprint density at radius 3 is 0.364 bits per heavy atom. The first-order chi connectivity index (χ1) is 3.00. The maximum atomic E-state index is 3.67. The Balaban J connectivity index is -0.00000000167. The van der Waals surface area contributed by atoms with Crippen molar-refractivity contribution in [3.8, 4) is 0 Å². The third kappa shape index (κ3) is 97.9. The molecule has 0 atom stereocenters. The summed E-state index contributed by atoms with van der Waals surface area (Å²) >= 11 is 22.0. The molecular weight excluding hydrogens is 608 g/mol. The van der Waals surface area contributed by atoms with Crippen molar-refractivity contribution in [3.05, 3.63) is 0 Å². The van der Waals surface area contributed by atoms with Crippen LogP contribution in [0.5, 0.6) is 0 Å². The largest absolute Gasteiger partial charge is 1.00 e. The van der Waals surface area contributed by atoms with Gasteiger partial charge in [-0.1, -0.05) is 0 Å². The molecule has 0 fully saturated rings. The molecule has 0 heterocycles. The Morgan fingerprint density at radius 2 is 0.364 bits per heavy atom. The van der Waals surface area contributed by atoms with Crippen LogP contribution in [0.1, 0.15) is 0 Å².